The Morgan fingerprint density at radius 2 is 1.67 bits per heavy atom. The summed E-state index contributed by atoms with van der Waals surface area (Å²) >= 11 is 0. The molecule has 2 rings (SSSR count). The summed E-state index contributed by atoms with van der Waals surface area (Å²) in [5.41, 5.74) is 0.273. The smallest absolute Gasteiger partial charge is 0.261 e. The van der Waals surface area contributed by atoms with Crippen molar-refractivity contribution in [3.63, 3.8) is 0 Å². The van der Waals surface area contributed by atoms with E-state index in [0.29, 0.717) is 13.1 Å². The molecular formula is C14H19NO3. The standard InChI is InChI=1S/C14H19NO3/c1-14(2)6-8-15(9-7-14)13(18)12-10(16)4-3-5-11(12)17/h3-5,16-17H,6-9H2,1-2H3. The second-order valence-electron chi connectivity index (χ2n) is 5.63. The van der Waals surface area contributed by atoms with Crippen molar-refractivity contribution in [2.24, 2.45) is 5.41 Å². The van der Waals surface area contributed by atoms with Gasteiger partial charge in [-0.3, -0.25) is 4.79 Å². The topological polar surface area (TPSA) is 60.8 Å². The van der Waals surface area contributed by atoms with Crippen molar-refractivity contribution in [1.29, 1.82) is 0 Å². The summed E-state index contributed by atoms with van der Waals surface area (Å²) in [4.78, 5) is 14.0. The number of hydrogen-bond acceptors (Lipinski definition) is 3. The fourth-order valence-corrected chi connectivity index (χ4v) is 2.22. The molecule has 0 unspecified atom stereocenters. The van der Waals surface area contributed by atoms with Crippen molar-refractivity contribution < 1.29 is 15.0 Å². The van der Waals surface area contributed by atoms with Crippen LogP contribution in [-0.4, -0.2) is 34.1 Å². The predicted octanol–water partition coefficient (Wildman–Crippen LogP) is 2.36. The average molecular weight is 249 g/mol. The molecule has 1 aliphatic rings. The number of piperidine rings is 1. The second-order valence-corrected chi connectivity index (χ2v) is 5.63. The van der Waals surface area contributed by atoms with Gasteiger partial charge >= 0.3 is 0 Å². The number of carbonyl (C=O) groups excluding carboxylic acids is 1. The number of likely N-dealkylation sites (tertiary alicyclic amines) is 1. The van der Waals surface area contributed by atoms with Crippen LogP contribution in [0.25, 0.3) is 0 Å². The van der Waals surface area contributed by atoms with Gasteiger partial charge in [-0.2, -0.15) is 0 Å². The molecule has 98 valence electrons. The first-order valence-corrected chi connectivity index (χ1v) is 6.21. The minimum atomic E-state index is -0.291. The monoisotopic (exact) mass is 249 g/mol. The molecule has 1 amide bonds. The number of phenolic OH excluding ortho intramolecular Hbond substituents is 2. The van der Waals surface area contributed by atoms with Gasteiger partial charge in [0.05, 0.1) is 0 Å². The Labute approximate surface area is 107 Å². The molecule has 1 aliphatic heterocycles. The molecule has 0 spiro atoms. The summed E-state index contributed by atoms with van der Waals surface area (Å²) in [6, 6.07) is 4.35. The minimum absolute atomic E-state index is 0.0113. The van der Waals surface area contributed by atoms with E-state index in [4.69, 9.17) is 0 Å². The van der Waals surface area contributed by atoms with E-state index in [1.165, 1.54) is 18.2 Å². The summed E-state index contributed by atoms with van der Waals surface area (Å²) in [6.07, 6.45) is 1.88. The lowest BCUT2D eigenvalue weighted by atomic mass is 9.82. The summed E-state index contributed by atoms with van der Waals surface area (Å²) in [7, 11) is 0. The van der Waals surface area contributed by atoms with Gasteiger partial charge in [-0.1, -0.05) is 19.9 Å². The van der Waals surface area contributed by atoms with Gasteiger partial charge in [0.2, 0.25) is 0 Å². The Balaban J connectivity index is 2.18. The first-order valence-electron chi connectivity index (χ1n) is 6.21. The lowest BCUT2D eigenvalue weighted by molar-refractivity contribution is 0.0624. The van der Waals surface area contributed by atoms with E-state index >= 15 is 0 Å². The van der Waals surface area contributed by atoms with Crippen molar-refractivity contribution in [3.8, 4) is 11.5 Å². The second kappa shape index (κ2) is 4.52. The summed E-state index contributed by atoms with van der Waals surface area (Å²) in [6.45, 7) is 5.71. The fourth-order valence-electron chi connectivity index (χ4n) is 2.22. The maximum Gasteiger partial charge on any atom is 0.261 e. The Morgan fingerprint density at radius 1 is 1.17 bits per heavy atom. The van der Waals surface area contributed by atoms with Gasteiger partial charge in [0.1, 0.15) is 17.1 Å². The molecule has 1 heterocycles. The number of rotatable bonds is 1. The number of nitrogens with zero attached hydrogens (tertiary/aromatic N) is 1. The van der Waals surface area contributed by atoms with Crippen LogP contribution in [0.1, 0.15) is 37.0 Å². The van der Waals surface area contributed by atoms with Crippen LogP contribution in [0, 0.1) is 5.41 Å². The SMILES string of the molecule is CC1(C)CCN(C(=O)c2c(O)cccc2O)CC1. The van der Waals surface area contributed by atoms with Crippen LogP contribution in [0.4, 0.5) is 0 Å². The zero-order valence-corrected chi connectivity index (χ0v) is 10.8. The molecule has 18 heavy (non-hydrogen) atoms. The molecule has 4 heteroatoms. The summed E-state index contributed by atoms with van der Waals surface area (Å²) in [5, 5.41) is 19.4. The molecule has 0 aliphatic carbocycles. The third kappa shape index (κ3) is 2.42. The van der Waals surface area contributed by atoms with Crippen LogP contribution >= 0.6 is 0 Å². The van der Waals surface area contributed by atoms with Gasteiger partial charge in [-0.15, -0.1) is 0 Å². The molecule has 1 aromatic carbocycles. The third-order valence-electron chi connectivity index (χ3n) is 3.64. The highest BCUT2D eigenvalue weighted by Gasteiger charge is 2.30. The number of hydrogen-bond donors (Lipinski definition) is 2. The van der Waals surface area contributed by atoms with Gasteiger partial charge in [-0.05, 0) is 30.4 Å². The molecule has 1 aromatic rings. The molecule has 1 fully saturated rings. The van der Waals surface area contributed by atoms with Crippen molar-refractivity contribution >= 4 is 5.91 Å². The lowest BCUT2D eigenvalue weighted by Crippen LogP contribution is -2.41. The van der Waals surface area contributed by atoms with Crippen LogP contribution in [-0.2, 0) is 0 Å². The zero-order chi connectivity index (χ0) is 13.3. The van der Waals surface area contributed by atoms with E-state index in [9.17, 15) is 15.0 Å². The van der Waals surface area contributed by atoms with E-state index in [0.717, 1.165) is 12.8 Å². The molecule has 0 radical (unpaired) electrons. The van der Waals surface area contributed by atoms with Crippen LogP contribution in [0.5, 0.6) is 11.5 Å². The molecule has 1 saturated heterocycles. The maximum atomic E-state index is 12.3. The summed E-state index contributed by atoms with van der Waals surface area (Å²) < 4.78 is 0. The maximum absolute atomic E-state index is 12.3. The highest BCUT2D eigenvalue weighted by molar-refractivity contribution is 5.99. The Morgan fingerprint density at radius 3 is 2.17 bits per heavy atom. The molecule has 0 bridgehead atoms. The molecule has 2 N–H and O–H groups in total. The van der Waals surface area contributed by atoms with Gasteiger partial charge in [0.15, 0.2) is 0 Å². The largest absolute Gasteiger partial charge is 0.507 e. The Bertz CT molecular complexity index is 438. The number of carbonyl (C=O) groups is 1. The number of phenols is 2. The number of amides is 1. The zero-order valence-electron chi connectivity index (χ0n) is 10.8. The predicted molar refractivity (Wildman–Crippen MR) is 68.7 cm³/mol. The van der Waals surface area contributed by atoms with Gasteiger partial charge in [-0.25, -0.2) is 0 Å². The van der Waals surface area contributed by atoms with Crippen molar-refractivity contribution in [2.45, 2.75) is 26.7 Å². The highest BCUT2D eigenvalue weighted by atomic mass is 16.3. The van der Waals surface area contributed by atoms with E-state index < -0.39 is 0 Å². The quantitative estimate of drug-likeness (QED) is 0.803. The first-order chi connectivity index (χ1) is 8.41. The van der Waals surface area contributed by atoms with Crippen LogP contribution in [0.2, 0.25) is 0 Å². The molecule has 0 saturated carbocycles. The molecule has 0 aromatic heterocycles. The Hall–Kier alpha value is -1.71. The van der Waals surface area contributed by atoms with Crippen molar-refractivity contribution in [1.82, 2.24) is 4.90 Å². The van der Waals surface area contributed by atoms with Gasteiger partial charge in [0.25, 0.3) is 5.91 Å². The first kappa shape index (κ1) is 12.7. The number of aromatic hydroxyl groups is 2. The lowest BCUT2D eigenvalue weighted by Gasteiger charge is -2.37. The minimum Gasteiger partial charge on any atom is -0.507 e. The van der Waals surface area contributed by atoms with Crippen LogP contribution in [0.15, 0.2) is 18.2 Å². The molecular weight excluding hydrogens is 230 g/mol. The van der Waals surface area contributed by atoms with E-state index in [2.05, 4.69) is 13.8 Å². The van der Waals surface area contributed by atoms with Crippen molar-refractivity contribution in [3.05, 3.63) is 23.8 Å². The third-order valence-corrected chi connectivity index (χ3v) is 3.64. The fraction of sp³-hybridized carbons (Fsp3) is 0.500. The number of benzene rings is 1. The van der Waals surface area contributed by atoms with Crippen LogP contribution < -0.4 is 0 Å². The highest BCUT2D eigenvalue weighted by Crippen LogP contribution is 2.33. The Kier molecular flexibility index (Phi) is 3.20. The molecule has 0 atom stereocenters. The summed E-state index contributed by atoms with van der Waals surface area (Å²) in [5.74, 6) is -0.615. The van der Waals surface area contributed by atoms with E-state index in [-0.39, 0.29) is 28.4 Å². The van der Waals surface area contributed by atoms with E-state index in [1.807, 2.05) is 0 Å². The average Bonchev–Trinajstić information content (AvgIpc) is 2.28. The molecule has 4 nitrogen and oxygen atoms in total. The van der Waals surface area contributed by atoms with Crippen LogP contribution in [0.3, 0.4) is 0 Å². The van der Waals surface area contributed by atoms with Gasteiger partial charge in [0, 0.05) is 13.1 Å². The van der Waals surface area contributed by atoms with Gasteiger partial charge < -0.3 is 15.1 Å². The normalized spacial score (nSPS) is 18.7. The van der Waals surface area contributed by atoms with E-state index in [1.54, 1.807) is 4.90 Å². The van der Waals surface area contributed by atoms with Crippen molar-refractivity contribution in [2.75, 3.05) is 13.1 Å².